The van der Waals surface area contributed by atoms with Crippen LogP contribution in [-0.2, 0) is 10.9 Å². The fraction of sp³-hybridized carbons (Fsp3) is 0.471. The molecule has 6 heteroatoms. The van der Waals surface area contributed by atoms with E-state index in [4.69, 9.17) is 4.74 Å². The van der Waals surface area contributed by atoms with Crippen molar-refractivity contribution in [2.45, 2.75) is 45.9 Å². The zero-order chi connectivity index (χ0) is 17.7. The van der Waals surface area contributed by atoms with E-state index in [1.165, 1.54) is 13.0 Å². The van der Waals surface area contributed by atoms with Crippen molar-refractivity contribution in [3.05, 3.63) is 34.9 Å². The molecule has 0 spiro atoms. The van der Waals surface area contributed by atoms with Gasteiger partial charge in [0.15, 0.2) is 0 Å². The Bertz CT molecular complexity index is 619. The van der Waals surface area contributed by atoms with Crippen molar-refractivity contribution in [1.29, 1.82) is 0 Å². The first-order chi connectivity index (χ1) is 10.5. The number of alkyl halides is 3. The Hall–Kier alpha value is -2.16. The predicted octanol–water partition coefficient (Wildman–Crippen LogP) is 4.28. The second-order valence-corrected chi connectivity index (χ2v) is 6.01. The molecule has 1 rings (SSSR count). The molecule has 1 aromatic carbocycles. The number of hydrogen-bond acceptors (Lipinski definition) is 2. The van der Waals surface area contributed by atoms with Gasteiger partial charge in [-0.2, -0.15) is 13.2 Å². The highest BCUT2D eigenvalue weighted by atomic mass is 19.4. The minimum absolute atomic E-state index is 0.162. The number of alkyl carbamates (subject to hydrolysis) is 1. The van der Waals surface area contributed by atoms with Crippen LogP contribution in [0.25, 0.3) is 0 Å². The number of ether oxygens (including phenoxy) is 1. The first-order valence-corrected chi connectivity index (χ1v) is 7.12. The zero-order valence-corrected chi connectivity index (χ0v) is 13.6. The number of hydrogen-bond donors (Lipinski definition) is 1. The number of nitrogens with one attached hydrogen (secondary N) is 1. The van der Waals surface area contributed by atoms with E-state index in [9.17, 15) is 18.0 Å². The smallest absolute Gasteiger partial charge is 0.416 e. The maximum absolute atomic E-state index is 12.8. The molecular formula is C17H20F3NO2. The summed E-state index contributed by atoms with van der Waals surface area (Å²) in [6.45, 7) is 6.93. The Labute approximate surface area is 134 Å². The van der Waals surface area contributed by atoms with Gasteiger partial charge in [0.1, 0.15) is 5.60 Å². The molecule has 0 bridgehead atoms. The van der Waals surface area contributed by atoms with E-state index in [-0.39, 0.29) is 12.1 Å². The lowest BCUT2D eigenvalue weighted by Crippen LogP contribution is -2.32. The van der Waals surface area contributed by atoms with Gasteiger partial charge in [-0.15, -0.1) is 0 Å². The number of carbonyl (C=O) groups is 1. The topological polar surface area (TPSA) is 38.3 Å². The van der Waals surface area contributed by atoms with Crippen LogP contribution in [0, 0.1) is 18.8 Å². The van der Waals surface area contributed by atoms with Crippen LogP contribution in [0.2, 0.25) is 0 Å². The van der Waals surface area contributed by atoms with Gasteiger partial charge in [0.25, 0.3) is 0 Å². The summed E-state index contributed by atoms with van der Waals surface area (Å²) in [5.41, 5.74) is -0.808. The molecule has 0 aromatic heterocycles. The molecule has 0 unspecified atom stereocenters. The van der Waals surface area contributed by atoms with Crippen LogP contribution in [-0.4, -0.2) is 18.2 Å². The highest BCUT2D eigenvalue weighted by Crippen LogP contribution is 2.32. The van der Waals surface area contributed by atoms with Crippen molar-refractivity contribution in [2.75, 3.05) is 6.54 Å². The number of carbonyl (C=O) groups excluding carboxylic acids is 1. The molecule has 0 aliphatic rings. The van der Waals surface area contributed by atoms with Gasteiger partial charge in [0.2, 0.25) is 0 Å². The second-order valence-electron chi connectivity index (χ2n) is 6.01. The minimum Gasteiger partial charge on any atom is -0.444 e. The van der Waals surface area contributed by atoms with Crippen LogP contribution in [0.1, 0.15) is 43.9 Å². The Morgan fingerprint density at radius 2 is 1.91 bits per heavy atom. The highest BCUT2D eigenvalue weighted by Gasteiger charge is 2.32. The predicted molar refractivity (Wildman–Crippen MR) is 81.9 cm³/mol. The largest absolute Gasteiger partial charge is 0.444 e. The molecule has 0 aliphatic carbocycles. The summed E-state index contributed by atoms with van der Waals surface area (Å²) in [5.74, 6) is 5.39. The Balaban J connectivity index is 2.56. The lowest BCUT2D eigenvalue weighted by Gasteiger charge is -2.19. The Morgan fingerprint density at radius 1 is 1.26 bits per heavy atom. The zero-order valence-electron chi connectivity index (χ0n) is 13.6. The molecule has 3 nitrogen and oxygen atoms in total. The minimum atomic E-state index is -4.39. The standard InChI is InChI=1S/C17H20F3NO2/c1-12-8-9-13(11-14(12)17(18,19)20)7-5-6-10-21-15(22)23-16(2,3)4/h8-9,11H,6,10H2,1-4H3,(H,21,22). The highest BCUT2D eigenvalue weighted by molar-refractivity contribution is 5.67. The number of rotatable bonds is 2. The average molecular weight is 327 g/mol. The third-order valence-corrected chi connectivity index (χ3v) is 2.69. The van der Waals surface area contributed by atoms with Crippen LogP contribution in [0.5, 0.6) is 0 Å². The number of aryl methyl sites for hydroxylation is 1. The number of amides is 1. The lowest BCUT2D eigenvalue weighted by atomic mass is 10.0. The molecule has 126 valence electrons. The van der Waals surface area contributed by atoms with Gasteiger partial charge in [0.05, 0.1) is 5.56 Å². The summed E-state index contributed by atoms with van der Waals surface area (Å²) < 4.78 is 43.4. The van der Waals surface area contributed by atoms with Crippen LogP contribution in [0.3, 0.4) is 0 Å². The summed E-state index contributed by atoms with van der Waals surface area (Å²) in [6.07, 6.45) is -4.62. The second kappa shape index (κ2) is 7.40. The van der Waals surface area contributed by atoms with Crippen molar-refractivity contribution >= 4 is 6.09 Å². The van der Waals surface area contributed by atoms with E-state index in [0.717, 1.165) is 6.07 Å². The Kier molecular flexibility index (Phi) is 6.08. The molecule has 0 saturated heterocycles. The quantitative estimate of drug-likeness (QED) is 0.650. The van der Waals surface area contributed by atoms with Gasteiger partial charge < -0.3 is 10.1 Å². The van der Waals surface area contributed by atoms with Gasteiger partial charge >= 0.3 is 12.3 Å². The molecule has 0 atom stereocenters. The molecule has 1 aromatic rings. The normalized spacial score (nSPS) is 11.4. The first kappa shape index (κ1) is 18.9. The third kappa shape index (κ3) is 7.09. The van der Waals surface area contributed by atoms with Gasteiger partial charge in [-0.3, -0.25) is 0 Å². The van der Waals surface area contributed by atoms with E-state index in [1.54, 1.807) is 26.8 Å². The van der Waals surface area contributed by atoms with E-state index < -0.39 is 23.4 Å². The summed E-state index contributed by atoms with van der Waals surface area (Å²) in [6, 6.07) is 3.97. The summed E-state index contributed by atoms with van der Waals surface area (Å²) >= 11 is 0. The maximum Gasteiger partial charge on any atom is 0.416 e. The average Bonchev–Trinajstić information content (AvgIpc) is 2.36. The van der Waals surface area contributed by atoms with E-state index in [1.807, 2.05) is 0 Å². The van der Waals surface area contributed by atoms with Gasteiger partial charge in [-0.05, 0) is 45.4 Å². The van der Waals surface area contributed by atoms with Crippen LogP contribution in [0.15, 0.2) is 18.2 Å². The Morgan fingerprint density at radius 3 is 2.48 bits per heavy atom. The van der Waals surface area contributed by atoms with Crippen molar-refractivity contribution in [3.8, 4) is 11.8 Å². The first-order valence-electron chi connectivity index (χ1n) is 7.12. The van der Waals surface area contributed by atoms with Crippen molar-refractivity contribution in [3.63, 3.8) is 0 Å². The third-order valence-electron chi connectivity index (χ3n) is 2.69. The summed E-state index contributed by atoms with van der Waals surface area (Å²) in [4.78, 5) is 11.4. The van der Waals surface area contributed by atoms with Crippen LogP contribution < -0.4 is 5.32 Å². The van der Waals surface area contributed by atoms with Gasteiger partial charge in [-0.1, -0.05) is 17.9 Å². The molecule has 0 radical (unpaired) electrons. The molecule has 0 fully saturated rings. The van der Waals surface area contributed by atoms with Crippen LogP contribution >= 0.6 is 0 Å². The van der Waals surface area contributed by atoms with E-state index in [0.29, 0.717) is 12.0 Å². The molecule has 0 aliphatic heterocycles. The molecule has 1 amide bonds. The molecular weight excluding hydrogens is 307 g/mol. The maximum atomic E-state index is 12.8. The molecule has 0 heterocycles. The van der Waals surface area contributed by atoms with E-state index in [2.05, 4.69) is 17.2 Å². The summed E-state index contributed by atoms with van der Waals surface area (Å²) in [5, 5.41) is 2.53. The van der Waals surface area contributed by atoms with Crippen LogP contribution in [0.4, 0.5) is 18.0 Å². The van der Waals surface area contributed by atoms with Crippen molar-refractivity contribution < 1.29 is 22.7 Å². The monoisotopic (exact) mass is 327 g/mol. The fourth-order valence-corrected chi connectivity index (χ4v) is 1.71. The molecule has 1 N–H and O–H groups in total. The van der Waals surface area contributed by atoms with Gasteiger partial charge in [0, 0.05) is 18.5 Å². The molecule has 0 saturated carbocycles. The lowest BCUT2D eigenvalue weighted by molar-refractivity contribution is -0.138. The number of benzene rings is 1. The summed E-state index contributed by atoms with van der Waals surface area (Å²) in [7, 11) is 0. The van der Waals surface area contributed by atoms with E-state index >= 15 is 0 Å². The molecule has 23 heavy (non-hydrogen) atoms. The van der Waals surface area contributed by atoms with Crippen molar-refractivity contribution in [2.24, 2.45) is 0 Å². The fourth-order valence-electron chi connectivity index (χ4n) is 1.71. The van der Waals surface area contributed by atoms with Gasteiger partial charge in [-0.25, -0.2) is 4.79 Å². The van der Waals surface area contributed by atoms with Crippen molar-refractivity contribution in [1.82, 2.24) is 5.32 Å². The number of halogens is 3. The SMILES string of the molecule is Cc1ccc(C#CCCNC(=O)OC(C)(C)C)cc1C(F)(F)F.